The van der Waals surface area contributed by atoms with E-state index in [0.717, 1.165) is 10.4 Å². The molecule has 122 valence electrons. The first-order valence-corrected chi connectivity index (χ1v) is 8.14. The molecule has 0 bridgehead atoms. The Bertz CT molecular complexity index is 818. The topological polar surface area (TPSA) is 60.5 Å². The van der Waals surface area contributed by atoms with Crippen molar-refractivity contribution in [2.24, 2.45) is 0 Å². The average molecular weight is 340 g/mol. The zero-order valence-electron chi connectivity index (χ0n) is 13.1. The molecule has 24 heavy (non-hydrogen) atoms. The maximum absolute atomic E-state index is 12.0. The van der Waals surface area contributed by atoms with E-state index in [1.54, 1.807) is 31.5 Å². The second-order valence-corrected chi connectivity index (χ2v) is 5.94. The van der Waals surface area contributed by atoms with Crippen molar-refractivity contribution in [3.63, 3.8) is 0 Å². The van der Waals surface area contributed by atoms with Crippen molar-refractivity contribution >= 4 is 22.4 Å². The van der Waals surface area contributed by atoms with Crippen molar-refractivity contribution in [1.82, 2.24) is 4.98 Å². The number of ether oxygens (including phenoxy) is 2. The van der Waals surface area contributed by atoms with Crippen LogP contribution in [0.2, 0.25) is 0 Å². The Kier molecular flexibility index (Phi) is 5.08. The highest BCUT2D eigenvalue weighted by molar-refractivity contribution is 7.19. The second-order valence-electron chi connectivity index (χ2n) is 4.91. The summed E-state index contributed by atoms with van der Waals surface area (Å²) in [6.07, 6.45) is 1.75. The summed E-state index contributed by atoms with van der Waals surface area (Å²) in [6.45, 7) is -0.0899. The molecule has 0 atom stereocenters. The van der Waals surface area contributed by atoms with Crippen LogP contribution in [0.4, 0.5) is 5.13 Å². The third-order valence-corrected chi connectivity index (χ3v) is 4.18. The normalized spacial score (nSPS) is 10.2. The molecule has 0 saturated heterocycles. The highest BCUT2D eigenvalue weighted by Gasteiger charge is 2.09. The standard InChI is InChI=1S/C18H16N2O3S/c1-22-14-8-5-9-15(10-14)23-12-17(21)20-18-19-11-16(24-18)13-6-3-2-4-7-13/h2-11H,12H2,1H3,(H,19,20,21). The zero-order chi connectivity index (χ0) is 16.8. The summed E-state index contributed by atoms with van der Waals surface area (Å²) in [5.74, 6) is 1.00. The SMILES string of the molecule is COc1cccc(OCC(=O)Nc2ncc(-c3ccccc3)s2)c1. The molecule has 0 spiro atoms. The number of rotatable bonds is 6. The van der Waals surface area contributed by atoms with Crippen LogP contribution in [-0.2, 0) is 4.79 Å². The van der Waals surface area contributed by atoms with Gasteiger partial charge in [-0.2, -0.15) is 0 Å². The fraction of sp³-hybridized carbons (Fsp3) is 0.111. The van der Waals surface area contributed by atoms with E-state index < -0.39 is 0 Å². The van der Waals surface area contributed by atoms with Crippen LogP contribution in [-0.4, -0.2) is 24.6 Å². The quantitative estimate of drug-likeness (QED) is 0.741. The third kappa shape index (κ3) is 4.11. The van der Waals surface area contributed by atoms with E-state index in [2.05, 4.69) is 10.3 Å². The van der Waals surface area contributed by atoms with E-state index in [0.29, 0.717) is 16.6 Å². The molecular formula is C18H16N2O3S. The maximum Gasteiger partial charge on any atom is 0.264 e. The number of nitrogens with one attached hydrogen (secondary N) is 1. The van der Waals surface area contributed by atoms with E-state index in [1.807, 2.05) is 36.4 Å². The van der Waals surface area contributed by atoms with Gasteiger partial charge in [0.25, 0.3) is 5.91 Å². The van der Waals surface area contributed by atoms with Gasteiger partial charge in [0.2, 0.25) is 0 Å². The Hall–Kier alpha value is -2.86. The highest BCUT2D eigenvalue weighted by Crippen LogP contribution is 2.28. The molecule has 0 radical (unpaired) electrons. The van der Waals surface area contributed by atoms with Crippen molar-refractivity contribution in [2.45, 2.75) is 0 Å². The predicted octanol–water partition coefficient (Wildman–Crippen LogP) is 3.84. The minimum absolute atomic E-state index is 0.0899. The monoisotopic (exact) mass is 340 g/mol. The van der Waals surface area contributed by atoms with Crippen LogP contribution in [0.25, 0.3) is 10.4 Å². The largest absolute Gasteiger partial charge is 0.497 e. The van der Waals surface area contributed by atoms with Crippen LogP contribution in [0.1, 0.15) is 0 Å². The van der Waals surface area contributed by atoms with Crippen molar-refractivity contribution in [1.29, 1.82) is 0 Å². The second kappa shape index (κ2) is 7.61. The Morgan fingerprint density at radius 3 is 2.71 bits per heavy atom. The van der Waals surface area contributed by atoms with Crippen molar-refractivity contribution < 1.29 is 14.3 Å². The van der Waals surface area contributed by atoms with Crippen LogP contribution in [0.3, 0.4) is 0 Å². The van der Waals surface area contributed by atoms with Gasteiger partial charge in [0.1, 0.15) is 11.5 Å². The Morgan fingerprint density at radius 1 is 1.12 bits per heavy atom. The van der Waals surface area contributed by atoms with Gasteiger partial charge in [0, 0.05) is 12.3 Å². The summed E-state index contributed by atoms with van der Waals surface area (Å²) < 4.78 is 10.6. The number of aromatic nitrogens is 1. The lowest BCUT2D eigenvalue weighted by Crippen LogP contribution is -2.19. The molecule has 1 N–H and O–H groups in total. The lowest BCUT2D eigenvalue weighted by molar-refractivity contribution is -0.118. The molecule has 2 aromatic carbocycles. The molecular weight excluding hydrogens is 324 g/mol. The van der Waals surface area contributed by atoms with Gasteiger partial charge in [0.15, 0.2) is 11.7 Å². The summed E-state index contributed by atoms with van der Waals surface area (Å²) in [5.41, 5.74) is 1.07. The van der Waals surface area contributed by atoms with Crippen LogP contribution < -0.4 is 14.8 Å². The molecule has 0 unspecified atom stereocenters. The van der Waals surface area contributed by atoms with Crippen LogP contribution in [0.5, 0.6) is 11.5 Å². The molecule has 1 amide bonds. The molecule has 6 heteroatoms. The first-order valence-electron chi connectivity index (χ1n) is 7.32. The molecule has 3 rings (SSSR count). The summed E-state index contributed by atoms with van der Waals surface area (Å²) in [5, 5.41) is 3.29. The Balaban J connectivity index is 1.56. The third-order valence-electron chi connectivity index (χ3n) is 3.22. The van der Waals surface area contributed by atoms with E-state index in [9.17, 15) is 4.79 Å². The molecule has 3 aromatic rings. The first kappa shape index (κ1) is 16.0. The van der Waals surface area contributed by atoms with Gasteiger partial charge in [-0.3, -0.25) is 10.1 Å². The molecule has 5 nitrogen and oxygen atoms in total. The number of nitrogens with zero attached hydrogens (tertiary/aromatic N) is 1. The molecule has 0 aliphatic rings. The number of thiazole rings is 1. The number of carbonyl (C=O) groups excluding carboxylic acids is 1. The van der Waals surface area contributed by atoms with Crippen molar-refractivity contribution in [2.75, 3.05) is 19.0 Å². The number of benzene rings is 2. The zero-order valence-corrected chi connectivity index (χ0v) is 13.9. The maximum atomic E-state index is 12.0. The van der Waals surface area contributed by atoms with Gasteiger partial charge in [-0.1, -0.05) is 47.7 Å². The van der Waals surface area contributed by atoms with E-state index >= 15 is 0 Å². The summed E-state index contributed by atoms with van der Waals surface area (Å²) in [7, 11) is 1.58. The van der Waals surface area contributed by atoms with E-state index in [-0.39, 0.29) is 12.5 Å². The molecule has 0 fully saturated rings. The number of hydrogen-bond donors (Lipinski definition) is 1. The van der Waals surface area contributed by atoms with Crippen LogP contribution >= 0.6 is 11.3 Å². The Morgan fingerprint density at radius 2 is 1.92 bits per heavy atom. The minimum Gasteiger partial charge on any atom is -0.497 e. The Labute approximate surface area is 143 Å². The number of anilines is 1. The van der Waals surface area contributed by atoms with Gasteiger partial charge < -0.3 is 9.47 Å². The van der Waals surface area contributed by atoms with Gasteiger partial charge in [0.05, 0.1) is 12.0 Å². The highest BCUT2D eigenvalue weighted by atomic mass is 32.1. The minimum atomic E-state index is -0.258. The lowest BCUT2D eigenvalue weighted by Gasteiger charge is -2.07. The number of methoxy groups -OCH3 is 1. The molecule has 0 aliphatic heterocycles. The number of carbonyl (C=O) groups is 1. The number of hydrogen-bond acceptors (Lipinski definition) is 5. The van der Waals surface area contributed by atoms with Gasteiger partial charge >= 0.3 is 0 Å². The number of amides is 1. The average Bonchev–Trinajstić information content (AvgIpc) is 3.09. The van der Waals surface area contributed by atoms with Gasteiger partial charge in [-0.25, -0.2) is 4.98 Å². The summed E-state index contributed by atoms with van der Waals surface area (Å²) in [4.78, 5) is 17.2. The predicted molar refractivity (Wildman–Crippen MR) is 94.7 cm³/mol. The fourth-order valence-electron chi connectivity index (χ4n) is 2.06. The van der Waals surface area contributed by atoms with Gasteiger partial charge in [-0.05, 0) is 17.7 Å². The van der Waals surface area contributed by atoms with E-state index in [4.69, 9.17) is 9.47 Å². The van der Waals surface area contributed by atoms with Crippen molar-refractivity contribution in [3.05, 3.63) is 60.8 Å². The molecule has 0 aliphatic carbocycles. The fourth-order valence-corrected chi connectivity index (χ4v) is 2.90. The van der Waals surface area contributed by atoms with Gasteiger partial charge in [-0.15, -0.1) is 0 Å². The lowest BCUT2D eigenvalue weighted by atomic mass is 10.2. The van der Waals surface area contributed by atoms with E-state index in [1.165, 1.54) is 11.3 Å². The smallest absolute Gasteiger partial charge is 0.264 e. The summed E-state index contributed by atoms with van der Waals surface area (Å²) in [6, 6.07) is 17.0. The van der Waals surface area contributed by atoms with Crippen LogP contribution in [0.15, 0.2) is 60.8 Å². The summed E-state index contributed by atoms with van der Waals surface area (Å²) >= 11 is 1.42. The molecule has 0 saturated carbocycles. The molecule has 1 heterocycles. The van der Waals surface area contributed by atoms with Crippen molar-refractivity contribution in [3.8, 4) is 21.9 Å². The molecule has 1 aromatic heterocycles. The van der Waals surface area contributed by atoms with Crippen LogP contribution in [0, 0.1) is 0 Å². The first-order chi connectivity index (χ1) is 11.7.